The summed E-state index contributed by atoms with van der Waals surface area (Å²) in [6.45, 7) is 4.47. The lowest BCUT2D eigenvalue weighted by Crippen LogP contribution is -2.23. The zero-order chi connectivity index (χ0) is 21.6. The van der Waals surface area contributed by atoms with E-state index in [1.165, 1.54) is 4.88 Å². The molecular weight excluding hydrogens is 476 g/mol. The van der Waals surface area contributed by atoms with Crippen molar-refractivity contribution in [1.29, 1.82) is 0 Å². The predicted molar refractivity (Wildman–Crippen MR) is 128 cm³/mol. The van der Waals surface area contributed by atoms with Crippen LogP contribution in [0.1, 0.15) is 45.0 Å². The second-order valence-corrected chi connectivity index (χ2v) is 9.14. The number of benzene rings is 1. The zero-order valence-corrected chi connectivity index (χ0v) is 19.4. The summed E-state index contributed by atoms with van der Waals surface area (Å²) < 4.78 is 11.8. The van der Waals surface area contributed by atoms with E-state index in [-0.39, 0.29) is 5.91 Å². The molecule has 0 saturated heterocycles. The molecule has 1 aromatic carbocycles. The van der Waals surface area contributed by atoms with Crippen LogP contribution >= 0.6 is 27.3 Å². The second kappa shape index (κ2) is 10.1. The van der Waals surface area contributed by atoms with E-state index in [9.17, 15) is 4.79 Å². The summed E-state index contributed by atoms with van der Waals surface area (Å²) in [6.07, 6.45) is 9.30. The highest BCUT2D eigenvalue weighted by Crippen LogP contribution is 2.40. The number of hydrogen-bond donors (Lipinski definition) is 1. The number of aryl methyl sites for hydroxylation is 1. The van der Waals surface area contributed by atoms with Crippen molar-refractivity contribution >= 4 is 44.4 Å². The number of hydrogen-bond acceptors (Lipinski definition) is 5. The highest BCUT2D eigenvalue weighted by molar-refractivity contribution is 9.10. The second-order valence-electron chi connectivity index (χ2n) is 7.20. The van der Waals surface area contributed by atoms with Crippen LogP contribution in [0, 0.1) is 0 Å². The minimum absolute atomic E-state index is 0.0997. The molecule has 2 heterocycles. The summed E-state index contributed by atoms with van der Waals surface area (Å²) in [5, 5.41) is 3.74. The van der Waals surface area contributed by atoms with E-state index in [0.717, 1.165) is 57.8 Å². The number of carbonyl (C=O) groups excluding carboxylic acids is 1. The van der Waals surface area contributed by atoms with Gasteiger partial charge in [-0.2, -0.15) is 0 Å². The molecule has 4 rings (SSSR count). The molecule has 0 saturated carbocycles. The molecule has 3 aromatic rings. The van der Waals surface area contributed by atoms with E-state index in [1.54, 1.807) is 29.9 Å². The molecule has 31 heavy (non-hydrogen) atoms. The summed E-state index contributed by atoms with van der Waals surface area (Å²) in [7, 11) is 0. The minimum atomic E-state index is -0.0997. The van der Waals surface area contributed by atoms with Crippen LogP contribution in [0.25, 0.3) is 0 Å². The standard InChI is InChI=1S/C24H23BrN2O3S/c1-2-11-30-20-10-9-16(13-19(20)25)14-27-24-22(18-7-3-4-8-21(18)31-24)23(28)26-15-17-6-5-12-29-17/h2,5-6,9-10,12-14H,1,3-4,7-8,11,15H2,(H,26,28). The molecule has 0 bridgehead atoms. The summed E-state index contributed by atoms with van der Waals surface area (Å²) in [5.74, 6) is 1.38. The van der Waals surface area contributed by atoms with Crippen LogP contribution in [0.3, 0.4) is 0 Å². The summed E-state index contributed by atoms with van der Waals surface area (Å²) in [5.41, 5.74) is 2.77. The van der Waals surface area contributed by atoms with Crippen molar-refractivity contribution in [2.24, 2.45) is 4.99 Å². The Labute approximate surface area is 194 Å². The Hall–Kier alpha value is -2.64. The topological polar surface area (TPSA) is 63.8 Å². The van der Waals surface area contributed by atoms with E-state index >= 15 is 0 Å². The molecule has 1 N–H and O–H groups in total. The van der Waals surface area contributed by atoms with E-state index in [1.807, 2.05) is 30.3 Å². The summed E-state index contributed by atoms with van der Waals surface area (Å²) >= 11 is 5.16. The largest absolute Gasteiger partial charge is 0.488 e. The maximum atomic E-state index is 13.1. The van der Waals surface area contributed by atoms with Crippen molar-refractivity contribution in [2.45, 2.75) is 32.2 Å². The van der Waals surface area contributed by atoms with E-state index in [4.69, 9.17) is 14.1 Å². The number of carbonyl (C=O) groups is 1. The first-order chi connectivity index (χ1) is 15.2. The predicted octanol–water partition coefficient (Wildman–Crippen LogP) is 6.23. The van der Waals surface area contributed by atoms with E-state index in [0.29, 0.717) is 18.7 Å². The van der Waals surface area contributed by atoms with E-state index < -0.39 is 0 Å². The van der Waals surface area contributed by atoms with Gasteiger partial charge >= 0.3 is 0 Å². The number of amides is 1. The van der Waals surface area contributed by atoms with Gasteiger partial charge in [0.25, 0.3) is 5.91 Å². The lowest BCUT2D eigenvalue weighted by Gasteiger charge is -2.12. The van der Waals surface area contributed by atoms with Gasteiger partial charge < -0.3 is 14.5 Å². The van der Waals surface area contributed by atoms with Crippen LogP contribution in [0.5, 0.6) is 5.75 Å². The molecule has 7 heteroatoms. The van der Waals surface area contributed by atoms with Gasteiger partial charge in [0.15, 0.2) is 0 Å². The van der Waals surface area contributed by atoms with Crippen molar-refractivity contribution in [3.63, 3.8) is 0 Å². The van der Waals surface area contributed by atoms with Crippen molar-refractivity contribution in [3.05, 3.63) is 81.1 Å². The number of halogens is 1. The SMILES string of the molecule is C=CCOc1ccc(C=Nc2sc3c(c2C(=O)NCc2ccco2)CCCC3)cc1Br. The lowest BCUT2D eigenvalue weighted by atomic mass is 9.95. The molecule has 0 atom stereocenters. The summed E-state index contributed by atoms with van der Waals surface area (Å²) in [6, 6.07) is 9.45. The van der Waals surface area contributed by atoms with Crippen LogP contribution in [-0.2, 0) is 19.4 Å². The number of thiophene rings is 1. The monoisotopic (exact) mass is 498 g/mol. The van der Waals surface area contributed by atoms with Crippen LogP contribution < -0.4 is 10.1 Å². The van der Waals surface area contributed by atoms with E-state index in [2.05, 4.69) is 27.8 Å². The lowest BCUT2D eigenvalue weighted by molar-refractivity contribution is 0.0948. The molecule has 1 aliphatic rings. The Morgan fingerprint density at radius 2 is 2.19 bits per heavy atom. The van der Waals surface area contributed by atoms with Gasteiger partial charge in [0, 0.05) is 11.1 Å². The van der Waals surface area contributed by atoms with Crippen LogP contribution in [-0.4, -0.2) is 18.7 Å². The number of aliphatic imine (C=N–C) groups is 1. The fraction of sp³-hybridized carbons (Fsp3) is 0.250. The summed E-state index contributed by atoms with van der Waals surface area (Å²) in [4.78, 5) is 19.0. The highest BCUT2D eigenvalue weighted by Gasteiger charge is 2.25. The number of ether oxygens (including phenoxy) is 1. The first-order valence-corrected chi connectivity index (χ1v) is 11.8. The van der Waals surface area contributed by atoms with Crippen molar-refractivity contribution in [1.82, 2.24) is 5.32 Å². The Morgan fingerprint density at radius 3 is 2.97 bits per heavy atom. The molecule has 5 nitrogen and oxygen atoms in total. The van der Waals surface area contributed by atoms with Gasteiger partial charge in [-0.05, 0) is 83.1 Å². The third kappa shape index (κ3) is 5.17. The zero-order valence-electron chi connectivity index (χ0n) is 17.0. The molecule has 2 aromatic heterocycles. The van der Waals surface area contributed by atoms with Crippen molar-refractivity contribution in [3.8, 4) is 5.75 Å². The first kappa shape index (κ1) is 21.6. The number of furan rings is 1. The molecular formula is C24H23BrN2O3S. The third-order valence-corrected chi connectivity index (χ3v) is 6.85. The van der Waals surface area contributed by atoms with Gasteiger partial charge in [-0.3, -0.25) is 4.79 Å². The smallest absolute Gasteiger partial charge is 0.255 e. The quantitative estimate of drug-likeness (QED) is 0.295. The van der Waals surface area contributed by atoms with Gasteiger partial charge in [-0.15, -0.1) is 11.3 Å². The molecule has 0 aliphatic heterocycles. The van der Waals surface area contributed by atoms with Crippen LogP contribution in [0.4, 0.5) is 5.00 Å². The maximum absolute atomic E-state index is 13.1. The molecule has 1 aliphatic carbocycles. The van der Waals surface area contributed by atoms with Gasteiger partial charge in [0.05, 0.1) is 22.8 Å². The average Bonchev–Trinajstić information content (AvgIpc) is 3.43. The normalized spacial score (nSPS) is 13.2. The minimum Gasteiger partial charge on any atom is -0.488 e. The third-order valence-electron chi connectivity index (χ3n) is 5.03. The number of nitrogens with one attached hydrogen (secondary N) is 1. The Bertz CT molecular complexity index is 1100. The van der Waals surface area contributed by atoms with Crippen LogP contribution in [0.2, 0.25) is 0 Å². The van der Waals surface area contributed by atoms with Gasteiger partial charge in [0.2, 0.25) is 0 Å². The molecule has 0 spiro atoms. The maximum Gasteiger partial charge on any atom is 0.255 e. The highest BCUT2D eigenvalue weighted by atomic mass is 79.9. The first-order valence-electron chi connectivity index (χ1n) is 10.2. The number of fused-ring (bicyclic) bond motifs is 1. The number of rotatable bonds is 8. The fourth-order valence-electron chi connectivity index (χ4n) is 3.54. The molecule has 0 radical (unpaired) electrons. The average molecular weight is 499 g/mol. The fourth-order valence-corrected chi connectivity index (χ4v) is 5.28. The van der Waals surface area contributed by atoms with Gasteiger partial charge in [0.1, 0.15) is 23.1 Å². The van der Waals surface area contributed by atoms with Crippen molar-refractivity contribution in [2.75, 3.05) is 6.61 Å². The Balaban J connectivity index is 1.57. The van der Waals surface area contributed by atoms with Gasteiger partial charge in [-0.1, -0.05) is 12.7 Å². The number of nitrogens with zero attached hydrogens (tertiary/aromatic N) is 1. The molecule has 1 amide bonds. The Kier molecular flexibility index (Phi) is 7.04. The molecule has 0 fully saturated rings. The Morgan fingerprint density at radius 1 is 1.32 bits per heavy atom. The molecule has 0 unspecified atom stereocenters. The van der Waals surface area contributed by atoms with Crippen molar-refractivity contribution < 1.29 is 13.9 Å². The molecule has 160 valence electrons. The van der Waals surface area contributed by atoms with Gasteiger partial charge in [-0.25, -0.2) is 4.99 Å². The van der Waals surface area contributed by atoms with Crippen LogP contribution in [0.15, 0.2) is 63.1 Å².